The zero-order valence-corrected chi connectivity index (χ0v) is 18.4. The number of sulfonamides is 1. The number of carbonyl (C=O) groups is 1. The van der Waals surface area contributed by atoms with Gasteiger partial charge in [0.2, 0.25) is 15.9 Å². The normalized spacial score (nSPS) is 11.6. The van der Waals surface area contributed by atoms with Crippen LogP contribution in [0.1, 0.15) is 5.56 Å². The minimum atomic E-state index is -3.70. The SMILES string of the molecule is Cc1ccccc1N(CC(=O)Nc1c(-c2ccc(F)cc2)nc2sccn12)S(C)(=O)=O. The number of rotatable bonds is 6. The van der Waals surface area contributed by atoms with Gasteiger partial charge < -0.3 is 5.32 Å². The topological polar surface area (TPSA) is 83.8 Å². The van der Waals surface area contributed by atoms with Gasteiger partial charge in [-0.15, -0.1) is 11.3 Å². The number of imidazole rings is 1. The van der Waals surface area contributed by atoms with Crippen LogP contribution >= 0.6 is 11.3 Å². The first-order valence-electron chi connectivity index (χ1n) is 9.29. The van der Waals surface area contributed by atoms with Gasteiger partial charge in [0, 0.05) is 17.1 Å². The quantitative estimate of drug-likeness (QED) is 0.475. The first kappa shape index (κ1) is 21.0. The van der Waals surface area contributed by atoms with Crippen molar-refractivity contribution in [2.75, 3.05) is 22.4 Å². The summed E-state index contributed by atoms with van der Waals surface area (Å²) < 4.78 is 40.9. The Balaban J connectivity index is 1.68. The molecule has 0 aliphatic heterocycles. The second-order valence-electron chi connectivity index (χ2n) is 6.98. The van der Waals surface area contributed by atoms with E-state index in [1.165, 1.54) is 23.5 Å². The molecule has 160 valence electrons. The fraction of sp³-hybridized carbons (Fsp3) is 0.143. The number of benzene rings is 2. The summed E-state index contributed by atoms with van der Waals surface area (Å²) in [5.74, 6) is -0.506. The van der Waals surface area contributed by atoms with E-state index in [4.69, 9.17) is 0 Å². The summed E-state index contributed by atoms with van der Waals surface area (Å²) in [5, 5.41) is 4.61. The summed E-state index contributed by atoms with van der Waals surface area (Å²) in [4.78, 5) is 18.1. The molecule has 31 heavy (non-hydrogen) atoms. The lowest BCUT2D eigenvalue weighted by atomic mass is 10.1. The van der Waals surface area contributed by atoms with E-state index >= 15 is 0 Å². The average Bonchev–Trinajstić information content (AvgIpc) is 3.29. The highest BCUT2D eigenvalue weighted by molar-refractivity contribution is 7.92. The van der Waals surface area contributed by atoms with Crippen molar-refractivity contribution in [3.05, 3.63) is 71.5 Å². The molecule has 10 heteroatoms. The molecule has 0 spiro atoms. The minimum Gasteiger partial charge on any atom is -0.308 e. The van der Waals surface area contributed by atoms with Crippen molar-refractivity contribution in [3.8, 4) is 11.3 Å². The van der Waals surface area contributed by atoms with Gasteiger partial charge in [0.25, 0.3) is 0 Å². The predicted molar refractivity (Wildman–Crippen MR) is 120 cm³/mol. The summed E-state index contributed by atoms with van der Waals surface area (Å²) in [6.07, 6.45) is 2.82. The molecule has 1 amide bonds. The lowest BCUT2D eigenvalue weighted by Gasteiger charge is -2.23. The number of nitrogens with one attached hydrogen (secondary N) is 1. The summed E-state index contributed by atoms with van der Waals surface area (Å²) in [6.45, 7) is 1.38. The standard InChI is InChI=1S/C21H19FN4O3S2/c1-14-5-3-4-6-17(14)26(31(2,28)29)13-18(27)23-20-19(15-7-9-16(22)10-8-15)24-21-25(20)11-12-30-21/h3-12H,13H2,1-2H3,(H,23,27). The number of anilines is 2. The number of aryl methyl sites for hydroxylation is 1. The Hall–Kier alpha value is -3.24. The number of nitrogens with zero attached hydrogens (tertiary/aromatic N) is 3. The van der Waals surface area contributed by atoms with Crippen molar-refractivity contribution in [3.63, 3.8) is 0 Å². The van der Waals surface area contributed by atoms with Crippen LogP contribution in [0.15, 0.2) is 60.1 Å². The number of fused-ring (bicyclic) bond motifs is 1. The second kappa shape index (κ2) is 8.12. The van der Waals surface area contributed by atoms with Gasteiger partial charge in [-0.25, -0.2) is 17.8 Å². The first-order chi connectivity index (χ1) is 14.7. The van der Waals surface area contributed by atoms with Gasteiger partial charge in [-0.3, -0.25) is 13.5 Å². The molecule has 0 saturated heterocycles. The molecule has 0 bridgehead atoms. The second-order valence-corrected chi connectivity index (χ2v) is 9.76. The summed E-state index contributed by atoms with van der Waals surface area (Å²) in [7, 11) is -3.70. The Bertz CT molecular complexity index is 1360. The highest BCUT2D eigenvalue weighted by Gasteiger charge is 2.24. The van der Waals surface area contributed by atoms with Gasteiger partial charge in [0.05, 0.1) is 11.9 Å². The molecule has 0 unspecified atom stereocenters. The third-order valence-electron chi connectivity index (χ3n) is 4.71. The van der Waals surface area contributed by atoms with E-state index in [2.05, 4.69) is 10.3 Å². The van der Waals surface area contributed by atoms with E-state index in [1.807, 2.05) is 5.38 Å². The zero-order chi connectivity index (χ0) is 22.2. The minimum absolute atomic E-state index is 0.377. The van der Waals surface area contributed by atoms with Gasteiger partial charge in [0.15, 0.2) is 4.96 Å². The van der Waals surface area contributed by atoms with Crippen LogP contribution in [0.3, 0.4) is 0 Å². The molecule has 2 aromatic carbocycles. The van der Waals surface area contributed by atoms with E-state index in [0.29, 0.717) is 27.7 Å². The molecule has 4 rings (SSSR count). The van der Waals surface area contributed by atoms with Crippen LogP contribution in [-0.4, -0.2) is 36.5 Å². The molecule has 2 aromatic heterocycles. The van der Waals surface area contributed by atoms with Crippen molar-refractivity contribution < 1.29 is 17.6 Å². The number of hydrogen-bond acceptors (Lipinski definition) is 5. The first-order valence-corrected chi connectivity index (χ1v) is 12.0. The number of aromatic nitrogens is 2. The van der Waals surface area contributed by atoms with Crippen LogP contribution in [-0.2, 0) is 14.8 Å². The third-order valence-corrected chi connectivity index (χ3v) is 6.59. The van der Waals surface area contributed by atoms with Crippen molar-refractivity contribution in [1.29, 1.82) is 0 Å². The number of amides is 1. The van der Waals surface area contributed by atoms with Crippen LogP contribution in [0, 0.1) is 12.7 Å². The molecular formula is C21H19FN4O3S2. The molecule has 1 N–H and O–H groups in total. The van der Waals surface area contributed by atoms with E-state index in [1.54, 1.807) is 53.9 Å². The van der Waals surface area contributed by atoms with Gasteiger partial charge in [-0.05, 0) is 42.8 Å². The Labute approximate surface area is 182 Å². The summed E-state index contributed by atoms with van der Waals surface area (Å²) in [5.41, 5.74) is 2.28. The Morgan fingerprint density at radius 3 is 2.58 bits per heavy atom. The number of halogens is 1. The van der Waals surface area contributed by atoms with Crippen LogP contribution in [0.4, 0.5) is 15.9 Å². The van der Waals surface area contributed by atoms with Crippen LogP contribution in [0.2, 0.25) is 0 Å². The number of carbonyl (C=O) groups excluding carboxylic acids is 1. The van der Waals surface area contributed by atoms with Crippen molar-refractivity contribution in [1.82, 2.24) is 9.38 Å². The molecule has 0 radical (unpaired) electrons. The Morgan fingerprint density at radius 2 is 1.90 bits per heavy atom. The maximum absolute atomic E-state index is 13.4. The number of hydrogen-bond donors (Lipinski definition) is 1. The van der Waals surface area contributed by atoms with Crippen LogP contribution < -0.4 is 9.62 Å². The number of para-hydroxylation sites is 1. The van der Waals surface area contributed by atoms with Crippen molar-refractivity contribution in [2.24, 2.45) is 0 Å². The van der Waals surface area contributed by atoms with Crippen LogP contribution in [0.5, 0.6) is 0 Å². The fourth-order valence-electron chi connectivity index (χ4n) is 3.24. The smallest absolute Gasteiger partial charge is 0.246 e. The molecule has 0 aliphatic rings. The highest BCUT2D eigenvalue weighted by atomic mass is 32.2. The molecular weight excluding hydrogens is 439 g/mol. The maximum Gasteiger partial charge on any atom is 0.246 e. The summed E-state index contributed by atoms with van der Waals surface area (Å²) >= 11 is 1.38. The molecule has 0 saturated carbocycles. The van der Waals surface area contributed by atoms with Gasteiger partial charge in [0.1, 0.15) is 23.9 Å². The molecule has 2 heterocycles. The van der Waals surface area contributed by atoms with E-state index < -0.39 is 22.5 Å². The zero-order valence-electron chi connectivity index (χ0n) is 16.7. The lowest BCUT2D eigenvalue weighted by molar-refractivity contribution is -0.114. The predicted octanol–water partition coefficient (Wildman–Crippen LogP) is 3.92. The molecule has 4 aromatic rings. The summed E-state index contributed by atoms with van der Waals surface area (Å²) in [6, 6.07) is 12.7. The molecule has 7 nitrogen and oxygen atoms in total. The molecule has 0 atom stereocenters. The van der Waals surface area contributed by atoms with Crippen LogP contribution in [0.25, 0.3) is 16.2 Å². The largest absolute Gasteiger partial charge is 0.308 e. The maximum atomic E-state index is 13.4. The molecule has 0 fully saturated rings. The van der Waals surface area contributed by atoms with Crippen molar-refractivity contribution in [2.45, 2.75) is 6.92 Å². The van der Waals surface area contributed by atoms with E-state index in [0.717, 1.165) is 16.1 Å². The van der Waals surface area contributed by atoms with E-state index in [-0.39, 0.29) is 5.82 Å². The lowest BCUT2D eigenvalue weighted by Crippen LogP contribution is -2.38. The van der Waals surface area contributed by atoms with Gasteiger partial charge in [-0.2, -0.15) is 0 Å². The Kier molecular flexibility index (Phi) is 5.50. The average molecular weight is 459 g/mol. The highest BCUT2D eigenvalue weighted by Crippen LogP contribution is 2.31. The third kappa shape index (κ3) is 4.30. The van der Waals surface area contributed by atoms with Gasteiger partial charge >= 0.3 is 0 Å². The number of thiazole rings is 1. The Morgan fingerprint density at radius 1 is 1.19 bits per heavy atom. The van der Waals surface area contributed by atoms with Gasteiger partial charge in [-0.1, -0.05) is 18.2 Å². The fourth-order valence-corrected chi connectivity index (χ4v) is 4.87. The van der Waals surface area contributed by atoms with Crippen molar-refractivity contribution >= 4 is 43.7 Å². The molecule has 0 aliphatic carbocycles. The monoisotopic (exact) mass is 458 g/mol. The van der Waals surface area contributed by atoms with E-state index in [9.17, 15) is 17.6 Å².